The van der Waals surface area contributed by atoms with Gasteiger partial charge in [0.2, 0.25) is 0 Å². The lowest BCUT2D eigenvalue weighted by Crippen LogP contribution is -2.15. The van der Waals surface area contributed by atoms with Crippen LogP contribution in [-0.2, 0) is 0 Å². The third kappa shape index (κ3) is 6.86. The first kappa shape index (κ1) is 27.9. The number of nitrogens with one attached hydrogen (secondary N) is 2. The van der Waals surface area contributed by atoms with E-state index >= 15 is 0 Å². The van der Waals surface area contributed by atoms with Crippen molar-refractivity contribution < 1.29 is 9.59 Å². The molecule has 0 spiro atoms. The molecule has 0 atom stereocenters. The molecule has 0 radical (unpaired) electrons. The summed E-state index contributed by atoms with van der Waals surface area (Å²) in [5.41, 5.74) is 2.50. The maximum Gasteiger partial charge on any atom is 0.257 e. The third-order valence-corrected chi connectivity index (χ3v) is 6.87. The van der Waals surface area contributed by atoms with Gasteiger partial charge in [-0.2, -0.15) is 0 Å². The molecule has 39 heavy (non-hydrogen) atoms. The molecule has 3 aromatic carbocycles. The number of aromatic nitrogens is 2. The van der Waals surface area contributed by atoms with Crippen LogP contribution in [0.3, 0.4) is 0 Å². The highest BCUT2D eigenvalue weighted by Gasteiger charge is 2.16. The molecular weight excluding hydrogens is 553 g/mol. The van der Waals surface area contributed by atoms with Crippen LogP contribution in [0.1, 0.15) is 27.6 Å². The molecule has 2 heterocycles. The quantitative estimate of drug-likeness (QED) is 0.208. The predicted molar refractivity (Wildman–Crippen MR) is 162 cm³/mol. The number of benzene rings is 3. The van der Waals surface area contributed by atoms with Crippen LogP contribution in [0, 0.1) is 0 Å². The van der Waals surface area contributed by atoms with Gasteiger partial charge in [-0.25, -0.2) is 4.98 Å². The highest BCUT2D eigenvalue weighted by molar-refractivity contribution is 7.13. The zero-order valence-corrected chi connectivity index (χ0v) is 23.3. The zero-order valence-electron chi connectivity index (χ0n) is 21.0. The van der Waals surface area contributed by atoms with Crippen molar-refractivity contribution in [1.82, 2.24) is 9.97 Å². The summed E-state index contributed by atoms with van der Waals surface area (Å²) in [6.45, 7) is 1.89. The Bertz CT molecular complexity index is 1650. The Morgan fingerprint density at radius 2 is 1.69 bits per heavy atom. The predicted octanol–water partition coefficient (Wildman–Crippen LogP) is 7.88. The van der Waals surface area contributed by atoms with Crippen LogP contribution in [0.4, 0.5) is 10.8 Å². The van der Waals surface area contributed by atoms with Crippen LogP contribution in [0.25, 0.3) is 22.0 Å². The first-order chi connectivity index (χ1) is 18.9. The van der Waals surface area contributed by atoms with E-state index in [9.17, 15) is 9.59 Å². The van der Waals surface area contributed by atoms with E-state index in [-0.39, 0.29) is 16.5 Å². The monoisotopic (exact) mass is 575 g/mol. The molecule has 0 saturated heterocycles. The van der Waals surface area contributed by atoms with Crippen LogP contribution in [0.5, 0.6) is 0 Å². The first-order valence-electron chi connectivity index (χ1n) is 11.7. The summed E-state index contributed by atoms with van der Waals surface area (Å²) in [4.78, 5) is 37.5. The number of amides is 2. The maximum absolute atomic E-state index is 13.0. The molecule has 196 valence electrons. The molecular formula is C29H23Cl2N5O2S. The van der Waals surface area contributed by atoms with Gasteiger partial charge in [-0.3, -0.25) is 19.9 Å². The summed E-state index contributed by atoms with van der Waals surface area (Å²) < 4.78 is 0. The number of nitrogens with zero attached hydrogens (tertiary/aromatic N) is 3. The smallest absolute Gasteiger partial charge is 0.257 e. The fourth-order valence-electron chi connectivity index (χ4n) is 3.61. The Morgan fingerprint density at radius 3 is 2.41 bits per heavy atom. The SMILES string of the molecule is CC=NC.O=C(Nc1nccs1)c1ccc(C(=O)Nc2ccc(Cl)c(-c3nccc4ccccc34)c2)c(Cl)c1. The molecule has 2 N–H and O–H groups in total. The molecule has 0 saturated carbocycles. The van der Waals surface area contributed by atoms with Gasteiger partial charge in [0.25, 0.3) is 11.8 Å². The normalized spacial score (nSPS) is 10.7. The number of pyridine rings is 1. The number of anilines is 2. The minimum atomic E-state index is -0.416. The second-order valence-electron chi connectivity index (χ2n) is 8.03. The van der Waals surface area contributed by atoms with Gasteiger partial charge in [0, 0.05) is 47.0 Å². The average molecular weight is 577 g/mol. The first-order valence-corrected chi connectivity index (χ1v) is 13.4. The highest BCUT2D eigenvalue weighted by Crippen LogP contribution is 2.34. The summed E-state index contributed by atoms with van der Waals surface area (Å²) in [5, 5.41) is 10.4. The summed E-state index contributed by atoms with van der Waals surface area (Å²) in [6, 6.07) is 19.5. The standard InChI is InChI=1S/C26H16Cl2N4O2S.C3H7N/c27-21-8-6-17(14-20(21)23-18-4-2-1-3-15(18)9-10-29-23)31-25(34)19-7-5-16(13-22(19)28)24(33)32-26-30-11-12-35-26;1-3-4-2/h1-14H,(H,31,34)(H,30,32,33);3H,1-2H3. The van der Waals surface area contributed by atoms with Crippen LogP contribution >= 0.6 is 34.5 Å². The Balaban J connectivity index is 0.000000826. The number of aliphatic imine (C=N–C) groups is 1. The van der Waals surface area contributed by atoms with Crippen LogP contribution in [0.2, 0.25) is 10.0 Å². The number of halogens is 2. The van der Waals surface area contributed by atoms with Crippen molar-refractivity contribution in [2.24, 2.45) is 4.99 Å². The molecule has 0 fully saturated rings. The van der Waals surface area contributed by atoms with Gasteiger partial charge in [0.1, 0.15) is 0 Å². The van der Waals surface area contributed by atoms with E-state index in [2.05, 4.69) is 25.6 Å². The maximum atomic E-state index is 13.0. The Morgan fingerprint density at radius 1 is 0.897 bits per heavy atom. The van der Waals surface area contributed by atoms with E-state index < -0.39 is 5.91 Å². The lowest BCUT2D eigenvalue weighted by molar-refractivity contribution is 0.101. The van der Waals surface area contributed by atoms with Gasteiger partial charge in [0.15, 0.2) is 5.13 Å². The van der Waals surface area contributed by atoms with E-state index in [1.807, 2.05) is 37.3 Å². The number of carbonyl (C=O) groups excluding carboxylic acids is 2. The number of carbonyl (C=O) groups is 2. The number of rotatable bonds is 5. The average Bonchev–Trinajstić information content (AvgIpc) is 3.47. The second kappa shape index (κ2) is 13.1. The van der Waals surface area contributed by atoms with E-state index in [0.29, 0.717) is 27.0 Å². The van der Waals surface area contributed by atoms with Crippen molar-refractivity contribution in [1.29, 1.82) is 0 Å². The number of fused-ring (bicyclic) bond motifs is 1. The minimum absolute atomic E-state index is 0.152. The van der Waals surface area contributed by atoms with Gasteiger partial charge in [-0.05, 0) is 61.0 Å². The van der Waals surface area contributed by atoms with E-state index in [1.54, 1.807) is 49.2 Å². The summed E-state index contributed by atoms with van der Waals surface area (Å²) in [6.07, 6.45) is 5.07. The van der Waals surface area contributed by atoms with Crippen LogP contribution in [0.15, 0.2) is 89.5 Å². The number of thiazole rings is 1. The zero-order chi connectivity index (χ0) is 27.8. The second-order valence-corrected chi connectivity index (χ2v) is 9.74. The van der Waals surface area contributed by atoms with Crippen molar-refractivity contribution >= 4 is 74.2 Å². The Hall–Kier alpha value is -4.11. The Labute approximate surface area is 239 Å². The van der Waals surface area contributed by atoms with Crippen molar-refractivity contribution in [3.63, 3.8) is 0 Å². The van der Waals surface area contributed by atoms with Gasteiger partial charge < -0.3 is 10.3 Å². The van der Waals surface area contributed by atoms with Gasteiger partial charge in [-0.1, -0.05) is 47.5 Å². The van der Waals surface area contributed by atoms with Gasteiger partial charge in [-0.15, -0.1) is 11.3 Å². The summed E-state index contributed by atoms with van der Waals surface area (Å²) in [5.74, 6) is -0.778. The molecule has 0 unspecified atom stereocenters. The van der Waals surface area contributed by atoms with Crippen LogP contribution in [-0.4, -0.2) is 35.0 Å². The lowest BCUT2D eigenvalue weighted by Gasteiger charge is -2.12. The summed E-state index contributed by atoms with van der Waals surface area (Å²) >= 11 is 14.1. The molecule has 2 aromatic heterocycles. The Kier molecular flexibility index (Phi) is 9.38. The molecule has 0 aliphatic carbocycles. The topological polar surface area (TPSA) is 96.3 Å². The largest absolute Gasteiger partial charge is 0.322 e. The van der Waals surface area contributed by atoms with E-state index in [1.165, 1.54) is 29.5 Å². The van der Waals surface area contributed by atoms with Crippen molar-refractivity contribution in [3.05, 3.63) is 106 Å². The van der Waals surface area contributed by atoms with Crippen molar-refractivity contribution in [2.45, 2.75) is 6.92 Å². The molecule has 0 aliphatic heterocycles. The van der Waals surface area contributed by atoms with E-state index in [0.717, 1.165) is 16.5 Å². The molecule has 0 aliphatic rings. The molecule has 10 heteroatoms. The number of hydrogen-bond acceptors (Lipinski definition) is 6. The lowest BCUT2D eigenvalue weighted by atomic mass is 10.0. The highest BCUT2D eigenvalue weighted by atomic mass is 35.5. The van der Waals surface area contributed by atoms with Crippen LogP contribution < -0.4 is 10.6 Å². The molecule has 0 bridgehead atoms. The van der Waals surface area contributed by atoms with E-state index in [4.69, 9.17) is 23.2 Å². The molecule has 5 rings (SSSR count). The summed E-state index contributed by atoms with van der Waals surface area (Å²) in [7, 11) is 1.75. The fraction of sp³-hybridized carbons (Fsp3) is 0.0690. The minimum Gasteiger partial charge on any atom is -0.322 e. The van der Waals surface area contributed by atoms with Gasteiger partial charge in [0.05, 0.1) is 21.3 Å². The number of hydrogen-bond donors (Lipinski definition) is 2. The third-order valence-electron chi connectivity index (χ3n) is 5.54. The fourth-order valence-corrected chi connectivity index (χ4v) is 4.61. The molecule has 7 nitrogen and oxygen atoms in total. The van der Waals surface area contributed by atoms with Crippen molar-refractivity contribution in [2.75, 3.05) is 17.7 Å². The molecule has 2 amide bonds. The van der Waals surface area contributed by atoms with Crippen molar-refractivity contribution in [3.8, 4) is 11.3 Å². The molecule has 5 aromatic rings. The van der Waals surface area contributed by atoms with Gasteiger partial charge >= 0.3 is 0 Å².